The van der Waals surface area contributed by atoms with Crippen molar-refractivity contribution in [3.8, 4) is 0 Å². The van der Waals surface area contributed by atoms with E-state index < -0.39 is 0 Å². The van der Waals surface area contributed by atoms with E-state index in [1.807, 2.05) is 0 Å². The summed E-state index contributed by atoms with van der Waals surface area (Å²) in [6, 6.07) is 0.408. The van der Waals surface area contributed by atoms with Crippen LogP contribution in [0.2, 0.25) is 0 Å². The highest BCUT2D eigenvalue weighted by Gasteiger charge is 2.16. The van der Waals surface area contributed by atoms with Crippen molar-refractivity contribution in [2.45, 2.75) is 71.8 Å². The molecule has 1 saturated carbocycles. The molecule has 0 bridgehead atoms. The molecule has 3 N–H and O–H groups in total. The van der Waals surface area contributed by atoms with Gasteiger partial charge in [0.05, 0.1) is 0 Å². The summed E-state index contributed by atoms with van der Waals surface area (Å²) in [6.07, 6.45) is 7.59. The molecule has 0 unspecified atom stereocenters. The lowest BCUT2D eigenvalue weighted by atomic mass is 10.1. The zero-order valence-corrected chi connectivity index (χ0v) is 17.3. The number of nitrogens with one attached hydrogen (secondary N) is 3. The SMILES string of the molecule is CCNC(=NCCCC(C)C)NCCC(=O)NC1CCCC1.I. The van der Waals surface area contributed by atoms with Crippen molar-refractivity contribution in [3.63, 3.8) is 0 Å². The van der Waals surface area contributed by atoms with Gasteiger partial charge in [-0.05, 0) is 38.5 Å². The molecule has 1 amide bonds. The van der Waals surface area contributed by atoms with E-state index in [1.165, 1.54) is 19.3 Å². The molecule has 1 aliphatic carbocycles. The number of carbonyl (C=O) groups is 1. The summed E-state index contributed by atoms with van der Waals surface area (Å²) in [6.45, 7) is 8.82. The van der Waals surface area contributed by atoms with Crippen LogP contribution in [0.5, 0.6) is 0 Å². The Bertz CT molecular complexity index is 341. The van der Waals surface area contributed by atoms with Gasteiger partial charge in [-0.1, -0.05) is 26.7 Å². The Hall–Kier alpha value is -0.530. The van der Waals surface area contributed by atoms with Gasteiger partial charge in [0.15, 0.2) is 5.96 Å². The molecule has 1 aliphatic rings. The topological polar surface area (TPSA) is 65.5 Å². The first-order valence-corrected chi connectivity index (χ1v) is 8.93. The fourth-order valence-electron chi connectivity index (χ4n) is 2.70. The molecule has 136 valence electrons. The molecule has 0 radical (unpaired) electrons. The maximum Gasteiger partial charge on any atom is 0.221 e. The zero-order valence-electron chi connectivity index (χ0n) is 15.0. The number of guanidine groups is 1. The van der Waals surface area contributed by atoms with Crippen molar-refractivity contribution < 1.29 is 4.79 Å². The third-order valence-corrected chi connectivity index (χ3v) is 3.92. The Kier molecular flexibility index (Phi) is 13.5. The molecule has 5 nitrogen and oxygen atoms in total. The number of hydrogen-bond acceptors (Lipinski definition) is 2. The largest absolute Gasteiger partial charge is 0.357 e. The van der Waals surface area contributed by atoms with Gasteiger partial charge in [0.1, 0.15) is 0 Å². The van der Waals surface area contributed by atoms with E-state index in [0.29, 0.717) is 19.0 Å². The van der Waals surface area contributed by atoms with Gasteiger partial charge in [0.25, 0.3) is 0 Å². The Morgan fingerprint density at radius 1 is 1.22 bits per heavy atom. The molecule has 1 rings (SSSR count). The van der Waals surface area contributed by atoms with Crippen molar-refractivity contribution in [3.05, 3.63) is 0 Å². The summed E-state index contributed by atoms with van der Waals surface area (Å²) >= 11 is 0. The third kappa shape index (κ3) is 11.6. The number of aliphatic imine (C=N–C) groups is 1. The van der Waals surface area contributed by atoms with Crippen LogP contribution >= 0.6 is 24.0 Å². The van der Waals surface area contributed by atoms with Crippen LogP contribution < -0.4 is 16.0 Å². The van der Waals surface area contributed by atoms with E-state index >= 15 is 0 Å². The number of halogens is 1. The molecule has 0 heterocycles. The molecular weight excluding hydrogens is 403 g/mol. The van der Waals surface area contributed by atoms with Crippen molar-refractivity contribution in [2.24, 2.45) is 10.9 Å². The minimum atomic E-state index is 0. The molecule has 0 aromatic carbocycles. The van der Waals surface area contributed by atoms with E-state index in [0.717, 1.165) is 44.2 Å². The highest BCUT2D eigenvalue weighted by atomic mass is 127. The summed E-state index contributed by atoms with van der Waals surface area (Å²) in [5.74, 6) is 1.69. The standard InChI is InChI=1S/C17H34N4O.HI/c1-4-18-17(19-12-7-8-14(2)3)20-13-11-16(22)21-15-9-5-6-10-15;/h14-15H,4-13H2,1-3H3,(H,21,22)(H2,18,19,20);1H. The molecule has 0 spiro atoms. The maximum atomic E-state index is 11.9. The fourth-order valence-corrected chi connectivity index (χ4v) is 2.70. The van der Waals surface area contributed by atoms with E-state index in [9.17, 15) is 4.79 Å². The van der Waals surface area contributed by atoms with Crippen LogP contribution in [0.25, 0.3) is 0 Å². The van der Waals surface area contributed by atoms with Gasteiger partial charge in [-0.25, -0.2) is 0 Å². The third-order valence-electron chi connectivity index (χ3n) is 3.92. The summed E-state index contributed by atoms with van der Waals surface area (Å²) < 4.78 is 0. The van der Waals surface area contributed by atoms with Gasteiger partial charge in [0, 0.05) is 32.1 Å². The van der Waals surface area contributed by atoms with Gasteiger partial charge in [-0.15, -0.1) is 24.0 Å². The van der Waals surface area contributed by atoms with Crippen molar-refractivity contribution in [2.75, 3.05) is 19.6 Å². The second kappa shape index (κ2) is 13.9. The van der Waals surface area contributed by atoms with Crippen LogP contribution in [-0.4, -0.2) is 37.5 Å². The Morgan fingerprint density at radius 2 is 1.91 bits per heavy atom. The highest BCUT2D eigenvalue weighted by molar-refractivity contribution is 14.0. The number of amides is 1. The second-order valence-corrected chi connectivity index (χ2v) is 6.52. The molecule has 6 heteroatoms. The average Bonchev–Trinajstić information content (AvgIpc) is 2.96. The Morgan fingerprint density at radius 3 is 2.52 bits per heavy atom. The predicted octanol–water partition coefficient (Wildman–Crippen LogP) is 3.04. The van der Waals surface area contributed by atoms with Crippen LogP contribution in [0.15, 0.2) is 4.99 Å². The van der Waals surface area contributed by atoms with Crippen LogP contribution in [0.3, 0.4) is 0 Å². The van der Waals surface area contributed by atoms with Crippen molar-refractivity contribution >= 4 is 35.8 Å². The van der Waals surface area contributed by atoms with Gasteiger partial charge in [-0.3, -0.25) is 9.79 Å². The Labute approximate surface area is 158 Å². The first-order chi connectivity index (χ1) is 10.6. The number of rotatable bonds is 9. The normalized spacial score (nSPS) is 15.4. The first kappa shape index (κ1) is 22.5. The van der Waals surface area contributed by atoms with Crippen LogP contribution in [0.1, 0.15) is 65.7 Å². The quantitative estimate of drug-likeness (QED) is 0.224. The van der Waals surface area contributed by atoms with Gasteiger partial charge >= 0.3 is 0 Å². The molecule has 0 saturated heterocycles. The van der Waals surface area contributed by atoms with E-state index in [-0.39, 0.29) is 29.9 Å². The molecule has 0 aliphatic heterocycles. The summed E-state index contributed by atoms with van der Waals surface area (Å²) in [7, 11) is 0. The number of carbonyl (C=O) groups excluding carboxylic acids is 1. The molecule has 0 aromatic rings. The molecular formula is C17H35IN4O. The molecule has 23 heavy (non-hydrogen) atoms. The molecule has 0 aromatic heterocycles. The van der Waals surface area contributed by atoms with Gasteiger partial charge in [0.2, 0.25) is 5.91 Å². The Balaban J connectivity index is 0.00000484. The van der Waals surface area contributed by atoms with Crippen LogP contribution in [0.4, 0.5) is 0 Å². The van der Waals surface area contributed by atoms with Gasteiger partial charge in [-0.2, -0.15) is 0 Å². The lowest BCUT2D eigenvalue weighted by Gasteiger charge is -2.14. The zero-order chi connectivity index (χ0) is 16.2. The smallest absolute Gasteiger partial charge is 0.221 e. The number of nitrogens with zero attached hydrogens (tertiary/aromatic N) is 1. The number of hydrogen-bond donors (Lipinski definition) is 3. The summed E-state index contributed by atoms with van der Waals surface area (Å²) in [5, 5.41) is 9.58. The van der Waals surface area contributed by atoms with Crippen LogP contribution in [0, 0.1) is 5.92 Å². The minimum absolute atomic E-state index is 0. The van der Waals surface area contributed by atoms with E-state index in [2.05, 4.69) is 41.7 Å². The lowest BCUT2D eigenvalue weighted by molar-refractivity contribution is -0.121. The fraction of sp³-hybridized carbons (Fsp3) is 0.882. The minimum Gasteiger partial charge on any atom is -0.357 e. The van der Waals surface area contributed by atoms with Gasteiger partial charge < -0.3 is 16.0 Å². The van der Waals surface area contributed by atoms with Crippen molar-refractivity contribution in [1.29, 1.82) is 0 Å². The lowest BCUT2D eigenvalue weighted by Crippen LogP contribution is -2.40. The molecule has 0 atom stereocenters. The van der Waals surface area contributed by atoms with E-state index in [1.54, 1.807) is 0 Å². The maximum absolute atomic E-state index is 11.9. The summed E-state index contributed by atoms with van der Waals surface area (Å²) in [5.41, 5.74) is 0. The monoisotopic (exact) mass is 438 g/mol. The highest BCUT2D eigenvalue weighted by Crippen LogP contribution is 2.17. The predicted molar refractivity (Wildman–Crippen MR) is 108 cm³/mol. The van der Waals surface area contributed by atoms with Crippen LogP contribution in [-0.2, 0) is 4.79 Å². The first-order valence-electron chi connectivity index (χ1n) is 8.93. The average molecular weight is 438 g/mol. The molecule has 1 fully saturated rings. The van der Waals surface area contributed by atoms with E-state index in [4.69, 9.17) is 0 Å². The van der Waals surface area contributed by atoms with Crippen molar-refractivity contribution in [1.82, 2.24) is 16.0 Å². The second-order valence-electron chi connectivity index (χ2n) is 6.52. The summed E-state index contributed by atoms with van der Waals surface area (Å²) in [4.78, 5) is 16.4.